The lowest BCUT2D eigenvalue weighted by molar-refractivity contribution is 0.104. The fourth-order valence-electron chi connectivity index (χ4n) is 1.56. The van der Waals surface area contributed by atoms with Crippen molar-refractivity contribution in [3.63, 3.8) is 0 Å². The van der Waals surface area contributed by atoms with Crippen molar-refractivity contribution in [3.8, 4) is 0 Å². The minimum Gasteiger partial charge on any atom is -0.382 e. The summed E-state index contributed by atoms with van der Waals surface area (Å²) in [4.78, 5) is 0. The van der Waals surface area contributed by atoms with Crippen LogP contribution in [0.5, 0.6) is 0 Å². The average Bonchev–Trinajstić information content (AvgIpc) is 2.59. The number of nitrogens with two attached hydrogens (primary N) is 1. The number of nitrogens with zero attached hydrogens (tertiary/aromatic N) is 2. The molecule has 15 heavy (non-hydrogen) atoms. The van der Waals surface area contributed by atoms with Crippen molar-refractivity contribution in [1.82, 2.24) is 9.78 Å². The maximum atomic E-state index is 6.12. The van der Waals surface area contributed by atoms with Gasteiger partial charge in [-0.05, 0) is 36.2 Å². The van der Waals surface area contributed by atoms with Crippen LogP contribution in [-0.4, -0.2) is 23.0 Å². The zero-order valence-corrected chi connectivity index (χ0v) is 11.0. The fourth-order valence-corrected chi connectivity index (χ4v) is 2.15. The van der Waals surface area contributed by atoms with E-state index in [9.17, 15) is 0 Å². The Hall–Kier alpha value is -0.390. The second-order valence-corrected chi connectivity index (χ2v) is 4.44. The molecule has 2 atom stereocenters. The molecule has 0 fully saturated rings. The van der Waals surface area contributed by atoms with Crippen LogP contribution >= 0.6 is 15.9 Å². The van der Waals surface area contributed by atoms with E-state index in [-0.39, 0.29) is 12.1 Å². The molecular formula is C10H18BrN3O. The highest BCUT2D eigenvalue weighted by Gasteiger charge is 2.18. The fraction of sp³-hybridized carbons (Fsp3) is 0.700. The Kier molecular flexibility index (Phi) is 4.76. The van der Waals surface area contributed by atoms with E-state index in [1.807, 2.05) is 11.6 Å². The first-order valence-electron chi connectivity index (χ1n) is 5.09. The van der Waals surface area contributed by atoms with Crippen LogP contribution in [0.2, 0.25) is 0 Å². The Bertz CT molecular complexity index is 314. The molecule has 0 aliphatic carbocycles. The van der Waals surface area contributed by atoms with Crippen LogP contribution in [0.15, 0.2) is 10.7 Å². The number of aryl methyl sites for hydroxylation is 1. The van der Waals surface area contributed by atoms with Crippen molar-refractivity contribution in [2.75, 3.05) is 7.11 Å². The second kappa shape index (κ2) is 5.63. The number of rotatable bonds is 5. The summed E-state index contributed by atoms with van der Waals surface area (Å²) in [7, 11) is 1.70. The molecule has 0 aliphatic heterocycles. The number of aromatic nitrogens is 2. The van der Waals surface area contributed by atoms with Crippen LogP contribution in [0, 0.1) is 0 Å². The summed E-state index contributed by atoms with van der Waals surface area (Å²) in [6.07, 6.45) is 2.74. The van der Waals surface area contributed by atoms with E-state index in [4.69, 9.17) is 10.5 Å². The number of ether oxygens (including phenoxy) is 1. The number of hydrogen-bond donors (Lipinski definition) is 1. The summed E-state index contributed by atoms with van der Waals surface area (Å²) < 4.78 is 8.09. The molecule has 2 unspecified atom stereocenters. The van der Waals surface area contributed by atoms with Crippen molar-refractivity contribution >= 4 is 15.9 Å². The molecule has 1 rings (SSSR count). The minimum absolute atomic E-state index is 0.0447. The maximum absolute atomic E-state index is 6.12. The zero-order chi connectivity index (χ0) is 11.4. The predicted molar refractivity (Wildman–Crippen MR) is 63.6 cm³/mol. The van der Waals surface area contributed by atoms with E-state index in [0.717, 1.165) is 23.1 Å². The first kappa shape index (κ1) is 12.7. The van der Waals surface area contributed by atoms with Crippen molar-refractivity contribution in [3.05, 3.63) is 16.4 Å². The second-order valence-electron chi connectivity index (χ2n) is 3.58. The third-order valence-electron chi connectivity index (χ3n) is 2.47. The average molecular weight is 276 g/mol. The quantitative estimate of drug-likeness (QED) is 0.896. The summed E-state index contributed by atoms with van der Waals surface area (Å²) >= 11 is 3.47. The molecule has 0 saturated carbocycles. The van der Waals surface area contributed by atoms with E-state index in [1.165, 1.54) is 0 Å². The van der Waals surface area contributed by atoms with Crippen molar-refractivity contribution in [2.45, 2.75) is 39.0 Å². The summed E-state index contributed by atoms with van der Waals surface area (Å²) in [6.45, 7) is 4.89. The van der Waals surface area contributed by atoms with Gasteiger partial charge in [0.05, 0.1) is 28.5 Å². The van der Waals surface area contributed by atoms with E-state index >= 15 is 0 Å². The van der Waals surface area contributed by atoms with Crippen LogP contribution in [0.25, 0.3) is 0 Å². The lowest BCUT2D eigenvalue weighted by atomic mass is 10.1. The Morgan fingerprint density at radius 2 is 2.33 bits per heavy atom. The van der Waals surface area contributed by atoms with Gasteiger partial charge >= 0.3 is 0 Å². The highest BCUT2D eigenvalue weighted by atomic mass is 79.9. The highest BCUT2D eigenvalue weighted by Crippen LogP contribution is 2.25. The Labute approximate surface area is 98.9 Å². The molecule has 1 aromatic heterocycles. The van der Waals surface area contributed by atoms with Crippen LogP contribution in [-0.2, 0) is 11.3 Å². The van der Waals surface area contributed by atoms with E-state index in [1.54, 1.807) is 13.3 Å². The molecule has 0 aliphatic rings. The smallest absolute Gasteiger partial charge is 0.0694 e. The highest BCUT2D eigenvalue weighted by molar-refractivity contribution is 9.10. The van der Waals surface area contributed by atoms with Crippen molar-refractivity contribution < 1.29 is 4.74 Å². The molecule has 0 saturated heterocycles. The third kappa shape index (κ3) is 3.03. The first-order chi connectivity index (χ1) is 7.10. The molecule has 5 heteroatoms. The summed E-state index contributed by atoms with van der Waals surface area (Å²) in [5.74, 6) is 0. The monoisotopic (exact) mass is 275 g/mol. The number of methoxy groups -OCH3 is 1. The normalized spacial score (nSPS) is 15.3. The molecule has 0 aromatic carbocycles. The van der Waals surface area contributed by atoms with Crippen LogP contribution < -0.4 is 5.73 Å². The summed E-state index contributed by atoms with van der Waals surface area (Å²) in [6, 6.07) is -0.0447. The number of halogens is 1. The standard InChI is InChI=1S/C10H18BrN3O/c1-4-14-10(8(11)6-13-14)9(12)5-7(2)15-3/h6-7,9H,4-5,12H2,1-3H3. The minimum atomic E-state index is -0.0447. The van der Waals surface area contributed by atoms with Crippen molar-refractivity contribution in [2.24, 2.45) is 5.73 Å². The molecule has 0 spiro atoms. The molecule has 0 amide bonds. The SMILES string of the molecule is CCn1ncc(Br)c1C(N)CC(C)OC. The van der Waals surface area contributed by atoms with Gasteiger partial charge in [-0.25, -0.2) is 0 Å². The van der Waals surface area contributed by atoms with Gasteiger partial charge in [0.1, 0.15) is 0 Å². The van der Waals surface area contributed by atoms with Gasteiger partial charge in [-0.2, -0.15) is 5.10 Å². The molecular weight excluding hydrogens is 258 g/mol. The molecule has 1 heterocycles. The molecule has 86 valence electrons. The van der Waals surface area contributed by atoms with E-state index in [0.29, 0.717) is 0 Å². The Morgan fingerprint density at radius 3 is 2.87 bits per heavy atom. The third-order valence-corrected chi connectivity index (χ3v) is 3.08. The lowest BCUT2D eigenvalue weighted by Crippen LogP contribution is -2.21. The Balaban J connectivity index is 2.80. The molecule has 0 radical (unpaired) electrons. The molecule has 2 N–H and O–H groups in total. The van der Waals surface area contributed by atoms with Gasteiger partial charge in [0.25, 0.3) is 0 Å². The van der Waals surface area contributed by atoms with Gasteiger partial charge in [-0.15, -0.1) is 0 Å². The van der Waals surface area contributed by atoms with Gasteiger partial charge in [-0.3, -0.25) is 4.68 Å². The summed E-state index contributed by atoms with van der Waals surface area (Å²) in [5, 5.41) is 4.24. The summed E-state index contributed by atoms with van der Waals surface area (Å²) in [5.41, 5.74) is 7.17. The maximum Gasteiger partial charge on any atom is 0.0694 e. The molecule has 4 nitrogen and oxygen atoms in total. The Morgan fingerprint density at radius 1 is 1.67 bits per heavy atom. The van der Waals surface area contributed by atoms with Crippen LogP contribution in [0.1, 0.15) is 32.0 Å². The van der Waals surface area contributed by atoms with Crippen LogP contribution in [0.4, 0.5) is 0 Å². The van der Waals surface area contributed by atoms with Gasteiger partial charge in [0.15, 0.2) is 0 Å². The zero-order valence-electron chi connectivity index (χ0n) is 9.40. The van der Waals surface area contributed by atoms with Crippen LogP contribution in [0.3, 0.4) is 0 Å². The van der Waals surface area contributed by atoms with Gasteiger partial charge < -0.3 is 10.5 Å². The van der Waals surface area contributed by atoms with E-state index < -0.39 is 0 Å². The number of hydrogen-bond acceptors (Lipinski definition) is 3. The first-order valence-corrected chi connectivity index (χ1v) is 5.89. The topological polar surface area (TPSA) is 53.1 Å². The van der Waals surface area contributed by atoms with Gasteiger partial charge in [0.2, 0.25) is 0 Å². The van der Waals surface area contributed by atoms with Crippen molar-refractivity contribution in [1.29, 1.82) is 0 Å². The largest absolute Gasteiger partial charge is 0.382 e. The lowest BCUT2D eigenvalue weighted by Gasteiger charge is -2.17. The predicted octanol–water partition coefficient (Wildman–Crippen LogP) is 2.09. The molecule has 0 bridgehead atoms. The van der Waals surface area contributed by atoms with E-state index in [2.05, 4.69) is 28.0 Å². The van der Waals surface area contributed by atoms with Gasteiger partial charge in [0, 0.05) is 13.7 Å². The van der Waals surface area contributed by atoms with Gasteiger partial charge in [-0.1, -0.05) is 0 Å². The molecule has 1 aromatic rings.